The number of hydrogen-bond donors (Lipinski definition) is 2. The predicted octanol–water partition coefficient (Wildman–Crippen LogP) is 2.74. The zero-order valence-electron chi connectivity index (χ0n) is 9.82. The van der Waals surface area contributed by atoms with E-state index in [9.17, 15) is 4.39 Å². The summed E-state index contributed by atoms with van der Waals surface area (Å²) in [6.07, 6.45) is 2.67. The van der Waals surface area contributed by atoms with Crippen LogP contribution in [-0.2, 0) is 0 Å². The third kappa shape index (κ3) is 2.51. The number of pyridine rings is 1. The Labute approximate surface area is 110 Å². The molecule has 18 heavy (non-hydrogen) atoms. The molecule has 5 heteroatoms. The van der Waals surface area contributed by atoms with E-state index in [2.05, 4.69) is 10.4 Å². The van der Waals surface area contributed by atoms with Crippen molar-refractivity contribution in [2.24, 2.45) is 5.84 Å². The molecular formula is C13H13ClFN3. The number of hydrazine groups is 1. The number of nitrogens with zero attached hydrogens (tertiary/aromatic N) is 1. The predicted molar refractivity (Wildman–Crippen MR) is 69.6 cm³/mol. The lowest BCUT2D eigenvalue weighted by atomic mass is 9.99. The van der Waals surface area contributed by atoms with E-state index >= 15 is 0 Å². The molecule has 0 saturated heterocycles. The van der Waals surface area contributed by atoms with Crippen molar-refractivity contribution in [3.8, 4) is 0 Å². The summed E-state index contributed by atoms with van der Waals surface area (Å²) in [5, 5.41) is 0.550. The molecule has 0 spiro atoms. The van der Waals surface area contributed by atoms with Crippen molar-refractivity contribution in [2.45, 2.75) is 13.0 Å². The SMILES string of the molecule is Cc1ccc(C(NN)c2ccncc2F)c(Cl)c1. The molecule has 0 fully saturated rings. The number of aromatic nitrogens is 1. The van der Waals surface area contributed by atoms with E-state index in [1.165, 1.54) is 6.20 Å². The van der Waals surface area contributed by atoms with Gasteiger partial charge in [-0.05, 0) is 30.2 Å². The molecule has 0 aliphatic rings. The standard InChI is InChI=1S/C13H13ClFN3/c1-8-2-3-9(11(14)6-8)13(18-16)10-4-5-17-7-12(10)15/h2-7,13,18H,16H2,1H3. The van der Waals surface area contributed by atoms with E-state index in [1.807, 2.05) is 25.1 Å². The van der Waals surface area contributed by atoms with Crippen molar-refractivity contribution in [1.82, 2.24) is 10.4 Å². The summed E-state index contributed by atoms with van der Waals surface area (Å²) < 4.78 is 13.7. The largest absolute Gasteiger partial charge is 0.271 e. The van der Waals surface area contributed by atoms with Crippen LogP contribution in [0.2, 0.25) is 5.02 Å². The number of aryl methyl sites for hydroxylation is 1. The highest BCUT2D eigenvalue weighted by Crippen LogP contribution is 2.29. The van der Waals surface area contributed by atoms with Gasteiger partial charge in [0.15, 0.2) is 0 Å². The highest BCUT2D eigenvalue weighted by Gasteiger charge is 2.18. The van der Waals surface area contributed by atoms with Crippen LogP contribution in [0.5, 0.6) is 0 Å². The van der Waals surface area contributed by atoms with Gasteiger partial charge in [0.25, 0.3) is 0 Å². The molecule has 0 amide bonds. The Hall–Kier alpha value is -1.49. The third-order valence-corrected chi connectivity index (χ3v) is 3.08. The summed E-state index contributed by atoms with van der Waals surface area (Å²) in [4.78, 5) is 3.72. The van der Waals surface area contributed by atoms with Gasteiger partial charge in [0.1, 0.15) is 5.82 Å². The van der Waals surface area contributed by atoms with E-state index in [-0.39, 0.29) is 0 Å². The molecule has 1 aromatic carbocycles. The summed E-state index contributed by atoms with van der Waals surface area (Å²) in [5.41, 5.74) is 4.77. The summed E-state index contributed by atoms with van der Waals surface area (Å²) in [6.45, 7) is 1.94. The quantitative estimate of drug-likeness (QED) is 0.663. The summed E-state index contributed by atoms with van der Waals surface area (Å²) >= 11 is 6.17. The Bertz CT molecular complexity index is 560. The topological polar surface area (TPSA) is 50.9 Å². The minimum absolute atomic E-state index is 0.415. The molecule has 2 rings (SSSR count). The Balaban J connectivity index is 2.49. The average molecular weight is 266 g/mol. The normalized spacial score (nSPS) is 12.4. The van der Waals surface area contributed by atoms with Crippen LogP contribution in [0.25, 0.3) is 0 Å². The lowest BCUT2D eigenvalue weighted by Gasteiger charge is -2.18. The fourth-order valence-electron chi connectivity index (χ4n) is 1.83. The first kappa shape index (κ1) is 13.0. The molecule has 3 nitrogen and oxygen atoms in total. The highest BCUT2D eigenvalue weighted by atomic mass is 35.5. The first-order valence-corrected chi connectivity index (χ1v) is 5.83. The molecule has 0 radical (unpaired) electrons. The van der Waals surface area contributed by atoms with Crippen molar-refractivity contribution in [1.29, 1.82) is 0 Å². The maximum Gasteiger partial charge on any atom is 0.146 e. The van der Waals surface area contributed by atoms with Gasteiger partial charge in [-0.2, -0.15) is 0 Å². The first-order chi connectivity index (χ1) is 8.63. The fraction of sp³-hybridized carbons (Fsp3) is 0.154. The van der Waals surface area contributed by atoms with Gasteiger partial charge in [-0.15, -0.1) is 0 Å². The molecule has 2 aromatic rings. The van der Waals surface area contributed by atoms with Crippen LogP contribution in [0.1, 0.15) is 22.7 Å². The molecule has 1 aromatic heterocycles. The maximum atomic E-state index is 13.7. The van der Waals surface area contributed by atoms with Gasteiger partial charge in [-0.1, -0.05) is 23.7 Å². The highest BCUT2D eigenvalue weighted by molar-refractivity contribution is 6.31. The van der Waals surface area contributed by atoms with Crippen molar-refractivity contribution in [3.05, 3.63) is 64.2 Å². The van der Waals surface area contributed by atoms with E-state index in [0.29, 0.717) is 10.6 Å². The minimum Gasteiger partial charge on any atom is -0.271 e. The Morgan fingerprint density at radius 1 is 1.33 bits per heavy atom. The summed E-state index contributed by atoms with van der Waals surface area (Å²) in [7, 11) is 0. The Morgan fingerprint density at radius 3 is 2.72 bits per heavy atom. The van der Waals surface area contributed by atoms with Crippen LogP contribution < -0.4 is 11.3 Å². The summed E-state index contributed by atoms with van der Waals surface area (Å²) in [5.74, 6) is 5.10. The van der Waals surface area contributed by atoms with Crippen molar-refractivity contribution in [2.75, 3.05) is 0 Å². The van der Waals surface area contributed by atoms with Gasteiger partial charge in [0.05, 0.1) is 12.2 Å². The van der Waals surface area contributed by atoms with Crippen molar-refractivity contribution < 1.29 is 4.39 Å². The van der Waals surface area contributed by atoms with Crippen LogP contribution >= 0.6 is 11.6 Å². The van der Waals surface area contributed by atoms with Crippen LogP contribution in [0.15, 0.2) is 36.7 Å². The molecule has 1 atom stereocenters. The smallest absolute Gasteiger partial charge is 0.146 e. The minimum atomic E-state index is -0.499. The maximum absolute atomic E-state index is 13.7. The number of halogens is 2. The summed E-state index contributed by atoms with van der Waals surface area (Å²) in [6, 6.07) is 6.64. The molecule has 94 valence electrons. The van der Waals surface area contributed by atoms with Gasteiger partial charge in [-0.25, -0.2) is 9.82 Å². The molecule has 0 bridgehead atoms. The lowest BCUT2D eigenvalue weighted by molar-refractivity contribution is 0.555. The second kappa shape index (κ2) is 5.44. The molecule has 1 heterocycles. The van der Waals surface area contributed by atoms with E-state index < -0.39 is 11.9 Å². The fourth-order valence-corrected chi connectivity index (χ4v) is 2.18. The first-order valence-electron chi connectivity index (χ1n) is 5.45. The van der Waals surface area contributed by atoms with Gasteiger partial charge < -0.3 is 0 Å². The van der Waals surface area contributed by atoms with Gasteiger partial charge in [-0.3, -0.25) is 10.8 Å². The zero-order valence-corrected chi connectivity index (χ0v) is 10.6. The van der Waals surface area contributed by atoms with Gasteiger partial charge in [0.2, 0.25) is 0 Å². The van der Waals surface area contributed by atoms with Gasteiger partial charge >= 0.3 is 0 Å². The molecule has 0 aliphatic heterocycles. The van der Waals surface area contributed by atoms with Crippen LogP contribution in [0.4, 0.5) is 4.39 Å². The number of rotatable bonds is 3. The van der Waals surface area contributed by atoms with Crippen LogP contribution in [0, 0.1) is 12.7 Å². The number of benzene rings is 1. The molecular weight excluding hydrogens is 253 g/mol. The molecule has 0 aliphatic carbocycles. The van der Waals surface area contributed by atoms with Crippen LogP contribution in [-0.4, -0.2) is 4.98 Å². The monoisotopic (exact) mass is 265 g/mol. The Kier molecular flexibility index (Phi) is 3.91. The van der Waals surface area contributed by atoms with E-state index in [4.69, 9.17) is 17.4 Å². The van der Waals surface area contributed by atoms with Crippen LogP contribution in [0.3, 0.4) is 0 Å². The molecule has 3 N–H and O–H groups in total. The number of nitrogens with one attached hydrogen (secondary N) is 1. The molecule has 1 unspecified atom stereocenters. The second-order valence-electron chi connectivity index (χ2n) is 4.02. The van der Waals surface area contributed by atoms with Crippen molar-refractivity contribution in [3.63, 3.8) is 0 Å². The lowest BCUT2D eigenvalue weighted by Crippen LogP contribution is -2.29. The van der Waals surface area contributed by atoms with Crippen molar-refractivity contribution >= 4 is 11.6 Å². The van der Waals surface area contributed by atoms with E-state index in [1.54, 1.807) is 6.07 Å². The Morgan fingerprint density at radius 2 is 2.11 bits per heavy atom. The number of nitrogens with two attached hydrogens (primary N) is 1. The second-order valence-corrected chi connectivity index (χ2v) is 4.43. The molecule has 0 saturated carbocycles. The van der Waals surface area contributed by atoms with E-state index in [0.717, 1.165) is 17.3 Å². The average Bonchev–Trinajstić information content (AvgIpc) is 2.34. The van der Waals surface area contributed by atoms with Gasteiger partial charge in [0, 0.05) is 16.8 Å². The third-order valence-electron chi connectivity index (χ3n) is 2.75. The zero-order chi connectivity index (χ0) is 13.1. The number of hydrogen-bond acceptors (Lipinski definition) is 3.